The van der Waals surface area contributed by atoms with Crippen molar-refractivity contribution in [3.05, 3.63) is 11.7 Å². The van der Waals surface area contributed by atoms with E-state index in [9.17, 15) is 0 Å². The predicted molar refractivity (Wildman–Crippen MR) is 67.8 cm³/mol. The van der Waals surface area contributed by atoms with E-state index in [2.05, 4.69) is 15.5 Å². The van der Waals surface area contributed by atoms with Gasteiger partial charge in [0.2, 0.25) is 11.7 Å². The summed E-state index contributed by atoms with van der Waals surface area (Å²) < 4.78 is 16.7. The average Bonchev–Trinajstić information content (AvgIpc) is 3.09. The van der Waals surface area contributed by atoms with Crippen molar-refractivity contribution >= 4 is 0 Å². The van der Waals surface area contributed by atoms with Crippen LogP contribution in [0.3, 0.4) is 0 Å². The van der Waals surface area contributed by atoms with Gasteiger partial charge in [0.05, 0.1) is 19.1 Å². The molecule has 1 aliphatic heterocycles. The van der Waals surface area contributed by atoms with Gasteiger partial charge in [0.15, 0.2) is 0 Å². The molecule has 2 fully saturated rings. The van der Waals surface area contributed by atoms with E-state index < -0.39 is 0 Å². The van der Waals surface area contributed by atoms with Gasteiger partial charge in [0.1, 0.15) is 5.60 Å². The summed E-state index contributed by atoms with van der Waals surface area (Å²) in [6.45, 7) is 2.50. The highest BCUT2D eigenvalue weighted by molar-refractivity contribution is 5.04. The summed E-state index contributed by atoms with van der Waals surface area (Å²) in [5.74, 6) is 1.35. The summed E-state index contributed by atoms with van der Waals surface area (Å²) in [5, 5.41) is 7.42. The fourth-order valence-corrected chi connectivity index (χ4v) is 2.93. The average molecular weight is 267 g/mol. The zero-order valence-corrected chi connectivity index (χ0v) is 11.4. The number of aromatic nitrogens is 2. The smallest absolute Gasteiger partial charge is 0.229 e. The largest absolute Gasteiger partial charge is 0.375 e. The number of morpholine rings is 1. The van der Waals surface area contributed by atoms with Crippen molar-refractivity contribution in [2.45, 2.75) is 43.8 Å². The molecule has 6 nitrogen and oxygen atoms in total. The maximum atomic E-state index is 5.66. The first-order valence-electron chi connectivity index (χ1n) is 7.03. The van der Waals surface area contributed by atoms with Crippen molar-refractivity contribution in [1.29, 1.82) is 0 Å². The number of nitrogens with one attached hydrogen (secondary N) is 1. The Morgan fingerprint density at radius 3 is 2.95 bits per heavy atom. The molecule has 1 aliphatic carbocycles. The van der Waals surface area contributed by atoms with E-state index in [4.69, 9.17) is 14.0 Å². The molecule has 0 bridgehead atoms. The minimum absolute atomic E-state index is 0.129. The quantitative estimate of drug-likeness (QED) is 0.878. The van der Waals surface area contributed by atoms with Crippen LogP contribution in [0.4, 0.5) is 0 Å². The molecule has 0 amide bonds. The van der Waals surface area contributed by atoms with Gasteiger partial charge < -0.3 is 19.3 Å². The number of hydrogen-bond donors (Lipinski definition) is 1. The van der Waals surface area contributed by atoms with Gasteiger partial charge >= 0.3 is 0 Å². The molecule has 3 rings (SSSR count). The normalized spacial score (nSPS) is 26.7. The third-order valence-electron chi connectivity index (χ3n) is 4.08. The van der Waals surface area contributed by atoms with E-state index in [1.807, 2.05) is 0 Å². The predicted octanol–water partition coefficient (Wildman–Crippen LogP) is 1.02. The second kappa shape index (κ2) is 5.56. The second-order valence-electron chi connectivity index (χ2n) is 5.32. The van der Waals surface area contributed by atoms with Crippen LogP contribution < -0.4 is 5.32 Å². The molecule has 1 aromatic rings. The van der Waals surface area contributed by atoms with Crippen molar-refractivity contribution in [1.82, 2.24) is 15.5 Å². The lowest BCUT2D eigenvalue weighted by molar-refractivity contribution is -0.0178. The van der Waals surface area contributed by atoms with Crippen molar-refractivity contribution in [2.24, 2.45) is 0 Å². The first-order chi connectivity index (χ1) is 9.32. The molecule has 1 saturated heterocycles. The highest BCUT2D eigenvalue weighted by atomic mass is 16.5. The molecule has 106 valence electrons. The fourth-order valence-electron chi connectivity index (χ4n) is 2.93. The lowest BCUT2D eigenvalue weighted by Crippen LogP contribution is -2.39. The highest BCUT2D eigenvalue weighted by Crippen LogP contribution is 2.40. The van der Waals surface area contributed by atoms with Gasteiger partial charge in [-0.3, -0.25) is 0 Å². The number of rotatable bonds is 4. The summed E-state index contributed by atoms with van der Waals surface area (Å²) in [4.78, 5) is 4.52. The van der Waals surface area contributed by atoms with Gasteiger partial charge in [0.25, 0.3) is 0 Å². The highest BCUT2D eigenvalue weighted by Gasteiger charge is 2.40. The zero-order valence-electron chi connectivity index (χ0n) is 11.4. The van der Waals surface area contributed by atoms with Crippen LogP contribution in [0.2, 0.25) is 0 Å². The van der Waals surface area contributed by atoms with Crippen molar-refractivity contribution in [3.8, 4) is 0 Å². The topological polar surface area (TPSA) is 69.4 Å². The molecule has 1 atom stereocenters. The van der Waals surface area contributed by atoms with Gasteiger partial charge in [-0.25, -0.2) is 0 Å². The van der Waals surface area contributed by atoms with Crippen LogP contribution in [0, 0.1) is 0 Å². The van der Waals surface area contributed by atoms with Crippen molar-refractivity contribution in [2.75, 3.05) is 26.8 Å². The molecule has 2 aliphatic rings. The molecule has 1 unspecified atom stereocenters. The fraction of sp³-hybridized carbons (Fsp3) is 0.846. The SMILES string of the molecule is COC1(c2noc(CC3CNCCO3)n2)CCCC1. The lowest BCUT2D eigenvalue weighted by Gasteiger charge is -2.23. The van der Waals surface area contributed by atoms with E-state index in [1.165, 1.54) is 0 Å². The third-order valence-corrected chi connectivity index (χ3v) is 4.08. The van der Waals surface area contributed by atoms with Gasteiger partial charge in [0, 0.05) is 20.2 Å². The van der Waals surface area contributed by atoms with Crippen molar-refractivity contribution in [3.63, 3.8) is 0 Å². The summed E-state index contributed by atoms with van der Waals surface area (Å²) in [6, 6.07) is 0. The molecule has 1 aromatic heterocycles. The minimum atomic E-state index is -0.326. The Labute approximate surface area is 112 Å². The Kier molecular flexibility index (Phi) is 3.81. The first kappa shape index (κ1) is 13.0. The Hall–Kier alpha value is -0.980. The van der Waals surface area contributed by atoms with E-state index >= 15 is 0 Å². The number of methoxy groups -OCH3 is 1. The van der Waals surface area contributed by atoms with E-state index in [1.54, 1.807) is 7.11 Å². The van der Waals surface area contributed by atoms with Crippen molar-refractivity contribution < 1.29 is 14.0 Å². The molecule has 19 heavy (non-hydrogen) atoms. The summed E-state index contributed by atoms with van der Waals surface area (Å²) in [5.41, 5.74) is -0.326. The first-order valence-corrected chi connectivity index (χ1v) is 7.03. The van der Waals surface area contributed by atoms with E-state index in [0.29, 0.717) is 18.1 Å². The molecule has 6 heteroatoms. The van der Waals surface area contributed by atoms with Crippen LogP contribution in [-0.4, -0.2) is 43.1 Å². The van der Waals surface area contributed by atoms with Gasteiger partial charge in [-0.05, 0) is 25.7 Å². The number of ether oxygens (including phenoxy) is 2. The number of nitrogens with zero attached hydrogens (tertiary/aromatic N) is 2. The molecular weight excluding hydrogens is 246 g/mol. The van der Waals surface area contributed by atoms with Gasteiger partial charge in [-0.2, -0.15) is 4.98 Å². The molecular formula is C13H21N3O3. The second-order valence-corrected chi connectivity index (χ2v) is 5.32. The van der Waals surface area contributed by atoms with Crippen LogP contribution in [0.15, 0.2) is 4.52 Å². The van der Waals surface area contributed by atoms with Crippen LogP contribution >= 0.6 is 0 Å². The lowest BCUT2D eigenvalue weighted by atomic mass is 10.0. The maximum Gasteiger partial charge on any atom is 0.229 e. The number of hydrogen-bond acceptors (Lipinski definition) is 6. The molecule has 0 radical (unpaired) electrons. The minimum Gasteiger partial charge on any atom is -0.375 e. The van der Waals surface area contributed by atoms with Crippen LogP contribution in [0.1, 0.15) is 37.4 Å². The van der Waals surface area contributed by atoms with Gasteiger partial charge in [-0.1, -0.05) is 5.16 Å². The molecule has 2 heterocycles. The zero-order chi connectivity index (χ0) is 13.1. The van der Waals surface area contributed by atoms with E-state index in [0.717, 1.165) is 45.4 Å². The summed E-state index contributed by atoms with van der Waals surface area (Å²) >= 11 is 0. The van der Waals surface area contributed by atoms with Gasteiger partial charge in [-0.15, -0.1) is 0 Å². The Balaban J connectivity index is 1.68. The standard InChI is InChI=1S/C13H21N3O3/c1-17-13(4-2-3-5-13)12-15-11(19-16-12)8-10-9-14-6-7-18-10/h10,14H,2-9H2,1H3. The Morgan fingerprint density at radius 2 is 2.26 bits per heavy atom. The molecule has 1 N–H and O–H groups in total. The maximum absolute atomic E-state index is 5.66. The Morgan fingerprint density at radius 1 is 1.42 bits per heavy atom. The van der Waals surface area contributed by atoms with Crippen LogP contribution in [-0.2, 0) is 21.5 Å². The summed E-state index contributed by atoms with van der Waals surface area (Å²) in [6.07, 6.45) is 5.07. The van der Waals surface area contributed by atoms with E-state index in [-0.39, 0.29) is 11.7 Å². The van der Waals surface area contributed by atoms with Crippen LogP contribution in [0.5, 0.6) is 0 Å². The summed E-state index contributed by atoms with van der Waals surface area (Å²) in [7, 11) is 1.73. The molecule has 1 saturated carbocycles. The van der Waals surface area contributed by atoms with Crippen LogP contribution in [0.25, 0.3) is 0 Å². The Bertz CT molecular complexity index is 409. The monoisotopic (exact) mass is 267 g/mol. The molecule has 0 aromatic carbocycles. The molecule has 0 spiro atoms. The third kappa shape index (κ3) is 2.66.